The van der Waals surface area contributed by atoms with Gasteiger partial charge in [0.05, 0.1) is 0 Å². The Morgan fingerprint density at radius 1 is 1.70 bits per heavy atom. The first-order valence-corrected chi connectivity index (χ1v) is 4.09. The van der Waals surface area contributed by atoms with Crippen LogP contribution in [0.25, 0.3) is 0 Å². The van der Waals surface area contributed by atoms with Crippen molar-refractivity contribution < 1.29 is 4.79 Å². The zero-order valence-corrected chi connectivity index (χ0v) is 7.24. The van der Waals surface area contributed by atoms with Gasteiger partial charge in [0.15, 0.2) is 0 Å². The maximum atomic E-state index is 11.0. The SMILES string of the molecule is CCC(C)C(=O)NCCCl. The Morgan fingerprint density at radius 2 is 2.30 bits per heavy atom. The summed E-state index contributed by atoms with van der Waals surface area (Å²) in [6.45, 7) is 4.47. The first kappa shape index (κ1) is 9.76. The fraction of sp³-hybridized carbons (Fsp3) is 0.857. The standard InChI is InChI=1S/C7H14ClNO/c1-3-6(2)7(10)9-5-4-8/h6H,3-5H2,1-2H3,(H,9,10). The molecule has 60 valence electrons. The van der Waals surface area contributed by atoms with Crippen LogP contribution in [0.3, 0.4) is 0 Å². The summed E-state index contributed by atoms with van der Waals surface area (Å²) >= 11 is 5.38. The van der Waals surface area contributed by atoms with Crippen molar-refractivity contribution in [2.24, 2.45) is 5.92 Å². The van der Waals surface area contributed by atoms with E-state index >= 15 is 0 Å². The number of carbonyl (C=O) groups is 1. The molecule has 0 radical (unpaired) electrons. The van der Waals surface area contributed by atoms with Gasteiger partial charge in [-0.3, -0.25) is 4.79 Å². The molecule has 0 bridgehead atoms. The fourth-order valence-electron chi connectivity index (χ4n) is 0.530. The van der Waals surface area contributed by atoms with Gasteiger partial charge in [0.1, 0.15) is 0 Å². The van der Waals surface area contributed by atoms with Crippen molar-refractivity contribution in [2.45, 2.75) is 20.3 Å². The molecule has 0 saturated carbocycles. The number of carbonyl (C=O) groups excluding carboxylic acids is 1. The van der Waals surface area contributed by atoms with Crippen LogP contribution in [0.15, 0.2) is 0 Å². The third kappa shape index (κ3) is 3.72. The molecule has 0 aliphatic rings. The van der Waals surface area contributed by atoms with Crippen LogP contribution in [0.4, 0.5) is 0 Å². The lowest BCUT2D eigenvalue weighted by Gasteiger charge is -2.07. The minimum atomic E-state index is 0.100. The molecule has 10 heavy (non-hydrogen) atoms. The summed E-state index contributed by atoms with van der Waals surface area (Å²) in [6, 6.07) is 0. The second kappa shape index (κ2) is 5.54. The number of amides is 1. The predicted molar refractivity (Wildman–Crippen MR) is 43.2 cm³/mol. The van der Waals surface area contributed by atoms with E-state index in [-0.39, 0.29) is 11.8 Å². The highest BCUT2D eigenvalue weighted by molar-refractivity contribution is 6.18. The summed E-state index contributed by atoms with van der Waals surface area (Å²) < 4.78 is 0. The van der Waals surface area contributed by atoms with E-state index in [2.05, 4.69) is 5.32 Å². The van der Waals surface area contributed by atoms with E-state index in [4.69, 9.17) is 11.6 Å². The van der Waals surface area contributed by atoms with Crippen molar-refractivity contribution in [3.8, 4) is 0 Å². The van der Waals surface area contributed by atoms with Crippen LogP contribution < -0.4 is 5.32 Å². The van der Waals surface area contributed by atoms with Crippen LogP contribution in [-0.2, 0) is 4.79 Å². The summed E-state index contributed by atoms with van der Waals surface area (Å²) in [5, 5.41) is 2.71. The van der Waals surface area contributed by atoms with E-state index in [1.807, 2.05) is 13.8 Å². The molecule has 2 nitrogen and oxygen atoms in total. The molecule has 0 spiro atoms. The number of hydrogen-bond acceptors (Lipinski definition) is 1. The van der Waals surface area contributed by atoms with Gasteiger partial charge in [0.2, 0.25) is 5.91 Å². The maximum absolute atomic E-state index is 11.0. The number of alkyl halides is 1. The Hall–Kier alpha value is -0.240. The molecule has 1 unspecified atom stereocenters. The highest BCUT2D eigenvalue weighted by atomic mass is 35.5. The van der Waals surface area contributed by atoms with Crippen molar-refractivity contribution in [3.05, 3.63) is 0 Å². The molecule has 0 aromatic rings. The van der Waals surface area contributed by atoms with Gasteiger partial charge in [-0.15, -0.1) is 11.6 Å². The Bertz CT molecular complexity index is 106. The van der Waals surface area contributed by atoms with Gasteiger partial charge in [-0.05, 0) is 6.42 Å². The van der Waals surface area contributed by atoms with Crippen LogP contribution in [0, 0.1) is 5.92 Å². The summed E-state index contributed by atoms with van der Waals surface area (Å²) in [5.74, 6) is 0.702. The molecule has 0 aromatic heterocycles. The minimum absolute atomic E-state index is 0.100. The lowest BCUT2D eigenvalue weighted by Crippen LogP contribution is -2.30. The van der Waals surface area contributed by atoms with Crippen LogP contribution in [-0.4, -0.2) is 18.3 Å². The average Bonchev–Trinajstić information content (AvgIpc) is 1.98. The van der Waals surface area contributed by atoms with E-state index in [1.54, 1.807) is 0 Å². The van der Waals surface area contributed by atoms with Gasteiger partial charge in [-0.2, -0.15) is 0 Å². The van der Waals surface area contributed by atoms with Gasteiger partial charge >= 0.3 is 0 Å². The first-order valence-electron chi connectivity index (χ1n) is 3.56. The van der Waals surface area contributed by atoms with Crippen molar-refractivity contribution in [1.29, 1.82) is 0 Å². The third-order valence-corrected chi connectivity index (χ3v) is 1.64. The Balaban J connectivity index is 3.42. The zero-order valence-electron chi connectivity index (χ0n) is 6.48. The number of nitrogens with one attached hydrogen (secondary N) is 1. The molecule has 0 rings (SSSR count). The van der Waals surface area contributed by atoms with E-state index in [0.29, 0.717) is 12.4 Å². The van der Waals surface area contributed by atoms with Gasteiger partial charge in [0.25, 0.3) is 0 Å². The van der Waals surface area contributed by atoms with Gasteiger partial charge < -0.3 is 5.32 Å². The molecule has 3 heteroatoms. The second-order valence-electron chi connectivity index (χ2n) is 2.29. The van der Waals surface area contributed by atoms with Crippen LogP contribution in [0.5, 0.6) is 0 Å². The van der Waals surface area contributed by atoms with Crippen molar-refractivity contribution in [1.82, 2.24) is 5.32 Å². The lowest BCUT2D eigenvalue weighted by atomic mass is 10.1. The quantitative estimate of drug-likeness (QED) is 0.624. The molecule has 0 aliphatic carbocycles. The summed E-state index contributed by atoms with van der Waals surface area (Å²) in [7, 11) is 0. The number of hydrogen-bond donors (Lipinski definition) is 1. The Labute approximate surface area is 66.9 Å². The normalized spacial score (nSPS) is 12.7. The van der Waals surface area contributed by atoms with Gasteiger partial charge in [0, 0.05) is 18.3 Å². The molecule has 1 amide bonds. The van der Waals surface area contributed by atoms with Crippen molar-refractivity contribution in [3.63, 3.8) is 0 Å². The van der Waals surface area contributed by atoms with Crippen molar-refractivity contribution in [2.75, 3.05) is 12.4 Å². The molecule has 0 aromatic carbocycles. The van der Waals surface area contributed by atoms with Crippen LogP contribution in [0.1, 0.15) is 20.3 Å². The van der Waals surface area contributed by atoms with Gasteiger partial charge in [-0.25, -0.2) is 0 Å². The smallest absolute Gasteiger partial charge is 0.222 e. The van der Waals surface area contributed by atoms with Crippen LogP contribution >= 0.6 is 11.6 Å². The summed E-state index contributed by atoms with van der Waals surface area (Å²) in [6.07, 6.45) is 0.883. The zero-order chi connectivity index (χ0) is 7.98. The predicted octanol–water partition coefficient (Wildman–Crippen LogP) is 1.39. The third-order valence-electron chi connectivity index (χ3n) is 1.45. The van der Waals surface area contributed by atoms with E-state index < -0.39 is 0 Å². The molecular formula is C7H14ClNO. The molecule has 1 atom stereocenters. The largest absolute Gasteiger partial charge is 0.355 e. The van der Waals surface area contributed by atoms with Crippen LogP contribution in [0.2, 0.25) is 0 Å². The van der Waals surface area contributed by atoms with Crippen molar-refractivity contribution >= 4 is 17.5 Å². The maximum Gasteiger partial charge on any atom is 0.222 e. The molecule has 0 fully saturated rings. The molecule has 0 saturated heterocycles. The topological polar surface area (TPSA) is 29.1 Å². The second-order valence-corrected chi connectivity index (χ2v) is 2.67. The first-order chi connectivity index (χ1) is 4.72. The molecule has 0 aliphatic heterocycles. The van der Waals surface area contributed by atoms with E-state index in [9.17, 15) is 4.79 Å². The highest BCUT2D eigenvalue weighted by Gasteiger charge is 2.07. The monoisotopic (exact) mass is 163 g/mol. The molecule has 0 heterocycles. The summed E-state index contributed by atoms with van der Waals surface area (Å²) in [4.78, 5) is 11.0. The number of rotatable bonds is 4. The highest BCUT2D eigenvalue weighted by Crippen LogP contribution is 1.98. The lowest BCUT2D eigenvalue weighted by molar-refractivity contribution is -0.124. The fourth-order valence-corrected chi connectivity index (χ4v) is 0.625. The van der Waals surface area contributed by atoms with E-state index in [1.165, 1.54) is 0 Å². The Morgan fingerprint density at radius 3 is 2.70 bits per heavy atom. The molecular weight excluding hydrogens is 150 g/mol. The summed E-state index contributed by atoms with van der Waals surface area (Å²) in [5.41, 5.74) is 0. The molecule has 1 N–H and O–H groups in total. The average molecular weight is 164 g/mol. The van der Waals surface area contributed by atoms with Gasteiger partial charge in [-0.1, -0.05) is 13.8 Å². The minimum Gasteiger partial charge on any atom is -0.355 e. The van der Waals surface area contributed by atoms with E-state index in [0.717, 1.165) is 6.42 Å². The Kier molecular flexibility index (Phi) is 5.40. The number of halogens is 1.